The van der Waals surface area contributed by atoms with Gasteiger partial charge >= 0.3 is 12.1 Å². The van der Waals surface area contributed by atoms with Crippen LogP contribution in [0.5, 0.6) is 0 Å². The summed E-state index contributed by atoms with van der Waals surface area (Å²) in [4.78, 5) is 36.3. The first kappa shape index (κ1) is 24.3. The molecule has 0 aliphatic heterocycles. The van der Waals surface area contributed by atoms with Crippen molar-refractivity contribution in [3.8, 4) is 11.1 Å². The second kappa shape index (κ2) is 10.1. The van der Waals surface area contributed by atoms with Gasteiger partial charge in [-0.1, -0.05) is 62.4 Å². The molecule has 33 heavy (non-hydrogen) atoms. The third kappa shape index (κ3) is 5.92. The van der Waals surface area contributed by atoms with E-state index in [4.69, 9.17) is 9.84 Å². The van der Waals surface area contributed by atoms with Crippen LogP contribution in [-0.4, -0.2) is 41.3 Å². The van der Waals surface area contributed by atoms with Crippen molar-refractivity contribution < 1.29 is 24.2 Å². The Labute approximate surface area is 194 Å². The molecule has 0 spiro atoms. The maximum Gasteiger partial charge on any atom is 0.407 e. The van der Waals surface area contributed by atoms with Crippen molar-refractivity contribution >= 4 is 18.0 Å². The summed E-state index contributed by atoms with van der Waals surface area (Å²) in [5, 5.41) is 14.4. The summed E-state index contributed by atoms with van der Waals surface area (Å²) in [6.07, 6.45) is -0.433. The monoisotopic (exact) mass is 452 g/mol. The number of fused-ring (bicyclic) bond motifs is 3. The highest BCUT2D eigenvalue weighted by atomic mass is 16.5. The zero-order valence-corrected chi connectivity index (χ0v) is 19.6. The lowest BCUT2D eigenvalue weighted by atomic mass is 9.96. The topological polar surface area (TPSA) is 105 Å². The zero-order valence-electron chi connectivity index (χ0n) is 19.6. The van der Waals surface area contributed by atoms with Crippen LogP contribution >= 0.6 is 0 Å². The van der Waals surface area contributed by atoms with Gasteiger partial charge in [0.1, 0.15) is 12.6 Å². The van der Waals surface area contributed by atoms with Gasteiger partial charge in [-0.15, -0.1) is 0 Å². The fraction of sp³-hybridized carbons (Fsp3) is 0.423. The van der Waals surface area contributed by atoms with Crippen LogP contribution in [0.25, 0.3) is 11.1 Å². The maximum atomic E-state index is 12.8. The van der Waals surface area contributed by atoms with E-state index in [0.717, 1.165) is 22.3 Å². The number of rotatable bonds is 9. The average Bonchev–Trinajstić information content (AvgIpc) is 3.08. The Morgan fingerprint density at radius 1 is 1.00 bits per heavy atom. The molecule has 1 atom stereocenters. The van der Waals surface area contributed by atoms with Crippen LogP contribution in [0, 0.1) is 5.92 Å². The van der Waals surface area contributed by atoms with E-state index in [0.29, 0.717) is 0 Å². The number of hydrogen-bond donors (Lipinski definition) is 3. The summed E-state index contributed by atoms with van der Waals surface area (Å²) in [5.41, 5.74) is 3.80. The molecule has 1 aliphatic rings. The lowest BCUT2D eigenvalue weighted by molar-refractivity contribution is -0.138. The summed E-state index contributed by atoms with van der Waals surface area (Å²) in [5.74, 6) is -1.53. The van der Waals surface area contributed by atoms with Crippen LogP contribution < -0.4 is 10.6 Å². The first-order valence-corrected chi connectivity index (χ1v) is 11.2. The van der Waals surface area contributed by atoms with Crippen molar-refractivity contribution in [1.82, 2.24) is 10.6 Å². The summed E-state index contributed by atoms with van der Waals surface area (Å²) >= 11 is 0. The molecule has 1 aliphatic carbocycles. The number of carbonyl (C=O) groups excluding carboxylic acids is 2. The van der Waals surface area contributed by atoms with Crippen LogP contribution in [0.4, 0.5) is 4.79 Å². The summed E-state index contributed by atoms with van der Waals surface area (Å²) in [7, 11) is 0. The molecule has 0 fully saturated rings. The van der Waals surface area contributed by atoms with Gasteiger partial charge in [-0.2, -0.15) is 0 Å². The molecule has 0 bridgehead atoms. The highest BCUT2D eigenvalue weighted by Gasteiger charge is 2.32. The third-order valence-corrected chi connectivity index (χ3v) is 5.99. The van der Waals surface area contributed by atoms with Crippen LogP contribution in [-0.2, 0) is 14.3 Å². The highest BCUT2D eigenvalue weighted by molar-refractivity contribution is 5.86. The fourth-order valence-electron chi connectivity index (χ4n) is 4.20. The van der Waals surface area contributed by atoms with Crippen molar-refractivity contribution in [3.05, 3.63) is 59.7 Å². The van der Waals surface area contributed by atoms with E-state index in [1.54, 1.807) is 13.8 Å². The Kier molecular flexibility index (Phi) is 7.41. The van der Waals surface area contributed by atoms with Crippen LogP contribution in [0.15, 0.2) is 48.5 Å². The molecule has 7 heteroatoms. The number of carbonyl (C=O) groups is 3. The van der Waals surface area contributed by atoms with Crippen molar-refractivity contribution in [3.63, 3.8) is 0 Å². The Morgan fingerprint density at radius 3 is 2.06 bits per heavy atom. The number of carboxylic acids is 1. The predicted octanol–water partition coefficient (Wildman–Crippen LogP) is 4.31. The van der Waals surface area contributed by atoms with E-state index in [9.17, 15) is 14.4 Å². The lowest BCUT2D eigenvalue weighted by Crippen LogP contribution is -2.55. The summed E-state index contributed by atoms with van der Waals surface area (Å²) in [6, 6.07) is 15.4. The molecule has 3 rings (SSSR count). The standard InChI is InChI=1S/C26H32N2O5/c1-16(2)23(24(31)28-26(3,4)14-13-22(29)30)27-25(32)33-15-21-19-11-7-5-9-17(19)18-10-6-8-12-20(18)21/h5-12,16,21,23H,13-15H2,1-4H3,(H,27,32)(H,28,31)(H,29,30)/t23-/m1/s1. The van der Waals surface area contributed by atoms with Crippen LogP contribution in [0.1, 0.15) is 57.6 Å². The van der Waals surface area contributed by atoms with Gasteiger partial charge in [-0.25, -0.2) is 4.79 Å². The molecule has 2 amide bonds. The van der Waals surface area contributed by atoms with Gasteiger partial charge < -0.3 is 20.5 Å². The molecule has 7 nitrogen and oxygen atoms in total. The van der Waals surface area contributed by atoms with Gasteiger partial charge in [-0.05, 0) is 48.4 Å². The molecule has 2 aromatic rings. The van der Waals surface area contributed by atoms with Crippen molar-refractivity contribution in [2.24, 2.45) is 5.92 Å². The van der Waals surface area contributed by atoms with Gasteiger partial charge in [0.25, 0.3) is 0 Å². The van der Waals surface area contributed by atoms with Gasteiger partial charge in [0.15, 0.2) is 0 Å². The molecular weight excluding hydrogens is 420 g/mol. The van der Waals surface area contributed by atoms with Gasteiger partial charge in [0.05, 0.1) is 0 Å². The molecule has 0 heterocycles. The smallest absolute Gasteiger partial charge is 0.407 e. The average molecular weight is 453 g/mol. The molecule has 0 unspecified atom stereocenters. The summed E-state index contributed by atoms with van der Waals surface area (Å²) < 4.78 is 5.57. The molecule has 0 saturated heterocycles. The van der Waals surface area contributed by atoms with E-state index in [2.05, 4.69) is 22.8 Å². The SMILES string of the molecule is CC(C)[C@@H](NC(=O)OCC1c2ccccc2-c2ccccc21)C(=O)NC(C)(C)CCC(=O)O. The Morgan fingerprint density at radius 2 is 1.55 bits per heavy atom. The second-order valence-electron chi connectivity index (χ2n) is 9.46. The minimum atomic E-state index is -0.922. The normalized spacial score (nSPS) is 13.7. The molecular formula is C26H32N2O5. The van der Waals surface area contributed by atoms with Crippen molar-refractivity contribution in [1.29, 1.82) is 0 Å². The number of alkyl carbamates (subject to hydrolysis) is 1. The lowest BCUT2D eigenvalue weighted by Gasteiger charge is -2.30. The number of ether oxygens (including phenoxy) is 1. The molecule has 176 valence electrons. The number of aliphatic carboxylic acids is 1. The number of benzene rings is 2. The van der Waals surface area contributed by atoms with Crippen molar-refractivity contribution in [2.45, 2.75) is 58.0 Å². The minimum Gasteiger partial charge on any atom is -0.481 e. The van der Waals surface area contributed by atoms with Gasteiger partial charge in [0.2, 0.25) is 5.91 Å². The zero-order chi connectivity index (χ0) is 24.2. The quantitative estimate of drug-likeness (QED) is 0.526. The molecule has 0 radical (unpaired) electrons. The third-order valence-electron chi connectivity index (χ3n) is 5.99. The van der Waals surface area contributed by atoms with Crippen LogP contribution in [0.3, 0.4) is 0 Å². The van der Waals surface area contributed by atoms with Crippen LogP contribution in [0.2, 0.25) is 0 Å². The number of nitrogens with one attached hydrogen (secondary N) is 2. The highest BCUT2D eigenvalue weighted by Crippen LogP contribution is 2.44. The maximum absolute atomic E-state index is 12.8. The predicted molar refractivity (Wildman–Crippen MR) is 126 cm³/mol. The largest absolute Gasteiger partial charge is 0.481 e. The number of hydrogen-bond acceptors (Lipinski definition) is 4. The Balaban J connectivity index is 1.63. The van der Waals surface area contributed by atoms with Gasteiger partial charge in [-0.3, -0.25) is 9.59 Å². The van der Waals surface area contributed by atoms with E-state index in [1.807, 2.05) is 50.2 Å². The number of amides is 2. The first-order chi connectivity index (χ1) is 15.6. The Hall–Kier alpha value is -3.35. The van der Waals surface area contributed by atoms with Crippen molar-refractivity contribution in [2.75, 3.05) is 6.61 Å². The molecule has 3 N–H and O–H groups in total. The number of carboxylic acid groups (broad SMARTS) is 1. The van der Waals surface area contributed by atoms with E-state index >= 15 is 0 Å². The first-order valence-electron chi connectivity index (χ1n) is 11.2. The second-order valence-corrected chi connectivity index (χ2v) is 9.46. The minimum absolute atomic E-state index is 0.0561. The summed E-state index contributed by atoms with van der Waals surface area (Å²) in [6.45, 7) is 7.35. The molecule has 2 aromatic carbocycles. The molecule has 0 aromatic heterocycles. The van der Waals surface area contributed by atoms with E-state index in [-0.39, 0.29) is 37.2 Å². The van der Waals surface area contributed by atoms with E-state index < -0.39 is 23.6 Å². The Bertz CT molecular complexity index is 985. The fourth-order valence-corrected chi connectivity index (χ4v) is 4.20. The van der Waals surface area contributed by atoms with Gasteiger partial charge in [0, 0.05) is 17.9 Å². The van der Waals surface area contributed by atoms with E-state index in [1.165, 1.54) is 0 Å². The molecule has 0 saturated carbocycles.